The second-order valence-electron chi connectivity index (χ2n) is 4.77. The van der Waals surface area contributed by atoms with Gasteiger partial charge in [-0.05, 0) is 35.9 Å². The Bertz CT molecular complexity index is 784. The Hall–Kier alpha value is -1.71. The van der Waals surface area contributed by atoms with Crippen molar-refractivity contribution < 1.29 is 4.74 Å². The van der Waals surface area contributed by atoms with E-state index in [4.69, 9.17) is 22.1 Å². The number of rotatable bonds is 3. The van der Waals surface area contributed by atoms with Crippen LogP contribution in [0.5, 0.6) is 5.75 Å². The first-order chi connectivity index (χ1) is 10.1. The molecule has 0 atom stereocenters. The third-order valence-corrected chi connectivity index (χ3v) is 3.99. The van der Waals surface area contributed by atoms with Gasteiger partial charge in [-0.25, -0.2) is 0 Å². The molecule has 3 aromatic carbocycles. The Balaban J connectivity index is 1.90. The zero-order valence-electron chi connectivity index (χ0n) is 11.1. The number of ether oxygens (including phenoxy) is 1. The Morgan fingerprint density at radius 2 is 1.76 bits per heavy atom. The summed E-state index contributed by atoms with van der Waals surface area (Å²) in [5, 5.41) is 2.73. The largest absolute Gasteiger partial charge is 0.488 e. The van der Waals surface area contributed by atoms with Crippen molar-refractivity contribution in [2.45, 2.75) is 6.61 Å². The van der Waals surface area contributed by atoms with Gasteiger partial charge in [-0.15, -0.1) is 0 Å². The van der Waals surface area contributed by atoms with Gasteiger partial charge in [-0.3, -0.25) is 0 Å². The summed E-state index contributed by atoms with van der Waals surface area (Å²) in [6, 6.07) is 17.4. The normalized spacial score (nSPS) is 10.8. The fraction of sp³-hybridized carbons (Fsp3) is 0.0588. The van der Waals surface area contributed by atoms with Crippen molar-refractivity contribution in [3.63, 3.8) is 0 Å². The highest BCUT2D eigenvalue weighted by Gasteiger charge is 2.06. The van der Waals surface area contributed by atoms with E-state index in [0.29, 0.717) is 12.3 Å². The molecule has 106 valence electrons. The van der Waals surface area contributed by atoms with Gasteiger partial charge in [0.25, 0.3) is 0 Å². The maximum Gasteiger partial charge on any atom is 0.127 e. The lowest BCUT2D eigenvalue weighted by molar-refractivity contribution is 0.310. The van der Waals surface area contributed by atoms with Crippen LogP contribution in [0.3, 0.4) is 0 Å². The minimum Gasteiger partial charge on any atom is -0.488 e. The van der Waals surface area contributed by atoms with Gasteiger partial charge in [0, 0.05) is 26.0 Å². The summed E-state index contributed by atoms with van der Waals surface area (Å²) in [4.78, 5) is 0. The minimum atomic E-state index is 0.454. The van der Waals surface area contributed by atoms with Crippen LogP contribution in [0.2, 0.25) is 5.02 Å². The van der Waals surface area contributed by atoms with Crippen molar-refractivity contribution in [3.05, 3.63) is 69.7 Å². The molecule has 0 fully saturated rings. The zero-order valence-corrected chi connectivity index (χ0v) is 13.5. The van der Waals surface area contributed by atoms with Crippen LogP contribution in [0.1, 0.15) is 5.56 Å². The number of nitrogens with two attached hydrogens (primary N) is 1. The van der Waals surface area contributed by atoms with Crippen LogP contribution >= 0.6 is 27.5 Å². The number of fused-ring (bicyclic) bond motifs is 1. The van der Waals surface area contributed by atoms with E-state index in [1.54, 1.807) is 0 Å². The van der Waals surface area contributed by atoms with E-state index < -0.39 is 0 Å². The lowest BCUT2D eigenvalue weighted by Crippen LogP contribution is -1.97. The maximum atomic E-state index is 6.21. The van der Waals surface area contributed by atoms with Gasteiger partial charge in [0.2, 0.25) is 0 Å². The van der Waals surface area contributed by atoms with Gasteiger partial charge in [0.15, 0.2) is 0 Å². The molecular formula is C17H13BrClNO. The van der Waals surface area contributed by atoms with Crippen molar-refractivity contribution in [2.24, 2.45) is 0 Å². The van der Waals surface area contributed by atoms with Crippen LogP contribution in [-0.2, 0) is 6.61 Å². The molecule has 0 aromatic heterocycles. The Kier molecular flexibility index (Phi) is 4.04. The predicted molar refractivity (Wildman–Crippen MR) is 91.8 cm³/mol. The first-order valence-electron chi connectivity index (χ1n) is 6.48. The maximum absolute atomic E-state index is 6.21. The number of hydrogen-bond donors (Lipinski definition) is 1. The van der Waals surface area contributed by atoms with Gasteiger partial charge in [0.05, 0.1) is 0 Å². The van der Waals surface area contributed by atoms with E-state index in [-0.39, 0.29) is 0 Å². The average Bonchev–Trinajstić information content (AvgIpc) is 2.46. The van der Waals surface area contributed by atoms with E-state index in [0.717, 1.165) is 31.6 Å². The van der Waals surface area contributed by atoms with Crippen molar-refractivity contribution >= 4 is 44.0 Å². The molecule has 0 radical (unpaired) electrons. The summed E-state index contributed by atoms with van der Waals surface area (Å²) in [7, 11) is 0. The first-order valence-corrected chi connectivity index (χ1v) is 7.65. The Morgan fingerprint density at radius 1 is 1.00 bits per heavy atom. The molecule has 0 saturated heterocycles. The number of halogens is 2. The van der Waals surface area contributed by atoms with Crippen LogP contribution in [0.25, 0.3) is 10.8 Å². The van der Waals surface area contributed by atoms with Crippen LogP contribution < -0.4 is 10.5 Å². The lowest BCUT2D eigenvalue weighted by Gasteiger charge is -2.11. The fourth-order valence-electron chi connectivity index (χ4n) is 2.28. The third kappa shape index (κ3) is 3.14. The van der Waals surface area contributed by atoms with Gasteiger partial charge in [0.1, 0.15) is 12.4 Å². The highest BCUT2D eigenvalue weighted by Crippen LogP contribution is 2.31. The average molecular weight is 363 g/mol. The van der Waals surface area contributed by atoms with E-state index in [1.807, 2.05) is 54.6 Å². The smallest absolute Gasteiger partial charge is 0.127 e. The highest BCUT2D eigenvalue weighted by molar-refractivity contribution is 9.10. The summed E-state index contributed by atoms with van der Waals surface area (Å²) in [6.45, 7) is 0.454. The monoisotopic (exact) mass is 361 g/mol. The van der Waals surface area contributed by atoms with Gasteiger partial charge in [-0.2, -0.15) is 0 Å². The molecule has 0 amide bonds. The molecule has 21 heavy (non-hydrogen) atoms. The summed E-state index contributed by atoms with van der Waals surface area (Å²) >= 11 is 9.64. The molecule has 0 saturated carbocycles. The predicted octanol–water partition coefficient (Wildman–Crippen LogP) is 5.42. The molecule has 0 unspecified atom stereocenters. The van der Waals surface area contributed by atoms with Crippen LogP contribution in [-0.4, -0.2) is 0 Å². The number of benzene rings is 3. The summed E-state index contributed by atoms with van der Waals surface area (Å²) in [6.07, 6.45) is 0. The molecular weight excluding hydrogens is 350 g/mol. The molecule has 3 aromatic rings. The summed E-state index contributed by atoms with van der Waals surface area (Å²) < 4.78 is 6.88. The van der Waals surface area contributed by atoms with Crippen molar-refractivity contribution in [1.29, 1.82) is 0 Å². The molecule has 2 nitrogen and oxygen atoms in total. The number of hydrogen-bond acceptors (Lipinski definition) is 2. The van der Waals surface area contributed by atoms with E-state index >= 15 is 0 Å². The molecule has 2 N–H and O–H groups in total. The summed E-state index contributed by atoms with van der Waals surface area (Å²) in [5.74, 6) is 0.813. The molecule has 0 aliphatic carbocycles. The van der Waals surface area contributed by atoms with Crippen molar-refractivity contribution in [2.75, 3.05) is 5.73 Å². The fourth-order valence-corrected chi connectivity index (χ4v) is 3.07. The third-order valence-electron chi connectivity index (χ3n) is 3.21. The van der Waals surface area contributed by atoms with Crippen LogP contribution in [0.4, 0.5) is 5.69 Å². The lowest BCUT2D eigenvalue weighted by atomic mass is 10.1. The van der Waals surface area contributed by atoms with Crippen molar-refractivity contribution in [3.8, 4) is 5.75 Å². The number of nitrogen functional groups attached to an aromatic ring is 1. The molecule has 0 heterocycles. The topological polar surface area (TPSA) is 35.2 Å². The SMILES string of the molecule is Nc1cc(Br)cc(COc2ccc(Cl)c3ccccc23)c1. The second kappa shape index (κ2) is 5.96. The molecule has 3 rings (SSSR count). The van der Waals surface area contributed by atoms with Crippen LogP contribution in [0, 0.1) is 0 Å². The summed E-state index contributed by atoms with van der Waals surface area (Å²) in [5.41, 5.74) is 7.56. The van der Waals surface area contributed by atoms with E-state index in [2.05, 4.69) is 15.9 Å². The standard InChI is InChI=1S/C17H13BrClNO/c18-12-7-11(8-13(20)9-12)10-21-17-6-5-16(19)14-3-1-2-4-15(14)17/h1-9H,10,20H2. The minimum absolute atomic E-state index is 0.454. The van der Waals surface area contributed by atoms with E-state index in [9.17, 15) is 0 Å². The highest BCUT2D eigenvalue weighted by atomic mass is 79.9. The molecule has 0 bridgehead atoms. The van der Waals surface area contributed by atoms with Gasteiger partial charge < -0.3 is 10.5 Å². The molecule has 0 spiro atoms. The van der Waals surface area contributed by atoms with Crippen LogP contribution in [0.15, 0.2) is 59.1 Å². The zero-order chi connectivity index (χ0) is 14.8. The van der Waals surface area contributed by atoms with Gasteiger partial charge >= 0.3 is 0 Å². The Labute approximate surface area is 136 Å². The molecule has 0 aliphatic heterocycles. The van der Waals surface area contributed by atoms with Gasteiger partial charge in [-0.1, -0.05) is 51.8 Å². The second-order valence-corrected chi connectivity index (χ2v) is 6.10. The molecule has 0 aliphatic rings. The Morgan fingerprint density at radius 3 is 2.52 bits per heavy atom. The number of anilines is 1. The van der Waals surface area contributed by atoms with Crippen molar-refractivity contribution in [1.82, 2.24) is 0 Å². The molecule has 4 heteroatoms. The van der Waals surface area contributed by atoms with E-state index in [1.165, 1.54) is 0 Å². The first kappa shape index (κ1) is 14.2. The quantitative estimate of drug-likeness (QED) is 0.632.